The first-order valence-electron chi connectivity index (χ1n) is 4.02. The van der Waals surface area contributed by atoms with E-state index in [9.17, 15) is 9.59 Å². The molecular weight excluding hydrogens is 239 g/mol. The Kier molecular flexibility index (Phi) is 3.94. The molecule has 2 amide bonds. The first kappa shape index (κ1) is 11.8. The minimum Gasteiger partial charge on any atom is -0.351 e. The van der Waals surface area contributed by atoms with Crippen LogP contribution in [0.4, 0.5) is 5.69 Å². The van der Waals surface area contributed by atoms with E-state index in [2.05, 4.69) is 10.6 Å². The first-order valence-corrected chi connectivity index (χ1v) is 4.78. The summed E-state index contributed by atoms with van der Waals surface area (Å²) in [5, 5.41) is 5.28. The average Bonchev–Trinajstić information content (AvgIpc) is 2.20. The van der Waals surface area contributed by atoms with Gasteiger partial charge in [-0.25, -0.2) is 0 Å². The van der Waals surface area contributed by atoms with Gasteiger partial charge >= 0.3 is 11.8 Å². The molecule has 0 saturated carbocycles. The number of carbonyl (C=O) groups is 2. The van der Waals surface area contributed by atoms with Crippen molar-refractivity contribution in [3.8, 4) is 0 Å². The van der Waals surface area contributed by atoms with Gasteiger partial charge in [-0.3, -0.25) is 9.59 Å². The van der Waals surface area contributed by atoms with Crippen molar-refractivity contribution in [3.63, 3.8) is 0 Å². The topological polar surface area (TPSA) is 58.2 Å². The lowest BCUT2D eigenvalue weighted by Crippen LogP contribution is -2.32. The summed E-state index contributed by atoms with van der Waals surface area (Å²) in [5.74, 6) is -1.51. The van der Waals surface area contributed by atoms with Crippen molar-refractivity contribution in [1.82, 2.24) is 5.32 Å². The van der Waals surface area contributed by atoms with E-state index in [4.69, 9.17) is 23.2 Å². The van der Waals surface area contributed by atoms with Crippen LogP contribution in [0, 0.1) is 0 Å². The molecule has 0 bridgehead atoms. The van der Waals surface area contributed by atoms with E-state index >= 15 is 0 Å². The highest BCUT2D eigenvalue weighted by atomic mass is 35.5. The van der Waals surface area contributed by atoms with Crippen LogP contribution in [0.3, 0.4) is 0 Å². The van der Waals surface area contributed by atoms with Gasteiger partial charge in [0.2, 0.25) is 0 Å². The Balaban J connectivity index is 2.81. The van der Waals surface area contributed by atoms with Crippen molar-refractivity contribution < 1.29 is 9.59 Å². The second-order valence-electron chi connectivity index (χ2n) is 2.66. The molecule has 1 rings (SSSR count). The molecule has 0 heterocycles. The summed E-state index contributed by atoms with van der Waals surface area (Å²) in [6.07, 6.45) is 0. The van der Waals surface area contributed by atoms with Crippen LogP contribution in [0.1, 0.15) is 0 Å². The number of anilines is 1. The van der Waals surface area contributed by atoms with Crippen LogP contribution in [0.2, 0.25) is 10.0 Å². The summed E-state index contributed by atoms with van der Waals surface area (Å²) in [5.41, 5.74) is 0.342. The number of likely N-dealkylation sites (N-methyl/N-ethyl adjacent to an activating group) is 1. The number of hydrogen-bond acceptors (Lipinski definition) is 2. The van der Waals surface area contributed by atoms with Crippen LogP contribution < -0.4 is 10.6 Å². The third-order valence-electron chi connectivity index (χ3n) is 1.61. The van der Waals surface area contributed by atoms with E-state index in [-0.39, 0.29) is 5.02 Å². The Hall–Kier alpha value is -1.26. The summed E-state index contributed by atoms with van der Waals surface area (Å²) >= 11 is 11.5. The Morgan fingerprint density at radius 3 is 2.40 bits per heavy atom. The van der Waals surface area contributed by atoms with E-state index < -0.39 is 11.8 Å². The molecular formula is C9H8Cl2N2O2. The molecule has 0 fully saturated rings. The van der Waals surface area contributed by atoms with E-state index in [1.165, 1.54) is 19.2 Å². The maximum absolute atomic E-state index is 11.2. The Morgan fingerprint density at radius 1 is 1.20 bits per heavy atom. The van der Waals surface area contributed by atoms with E-state index in [1.807, 2.05) is 0 Å². The zero-order valence-electron chi connectivity index (χ0n) is 7.80. The molecule has 80 valence electrons. The van der Waals surface area contributed by atoms with Gasteiger partial charge in [-0.1, -0.05) is 23.2 Å². The van der Waals surface area contributed by atoms with Crippen LogP contribution in [0.15, 0.2) is 18.2 Å². The molecule has 2 N–H and O–H groups in total. The zero-order valence-corrected chi connectivity index (χ0v) is 9.32. The van der Waals surface area contributed by atoms with Gasteiger partial charge in [0.1, 0.15) is 0 Å². The lowest BCUT2D eigenvalue weighted by Gasteiger charge is -2.05. The zero-order chi connectivity index (χ0) is 11.4. The van der Waals surface area contributed by atoms with Crippen LogP contribution in [-0.4, -0.2) is 18.9 Å². The third-order valence-corrected chi connectivity index (χ3v) is 2.16. The Morgan fingerprint density at radius 2 is 1.87 bits per heavy atom. The molecule has 1 aromatic carbocycles. The van der Waals surface area contributed by atoms with Crippen molar-refractivity contribution >= 4 is 40.7 Å². The molecule has 0 atom stereocenters. The van der Waals surface area contributed by atoms with Gasteiger partial charge in [-0.2, -0.15) is 0 Å². The lowest BCUT2D eigenvalue weighted by atomic mass is 10.3. The highest BCUT2D eigenvalue weighted by Gasteiger charge is 2.12. The van der Waals surface area contributed by atoms with Crippen LogP contribution in [0.25, 0.3) is 0 Å². The average molecular weight is 247 g/mol. The monoisotopic (exact) mass is 246 g/mol. The van der Waals surface area contributed by atoms with Crippen LogP contribution in [0.5, 0.6) is 0 Å². The van der Waals surface area contributed by atoms with Crippen molar-refractivity contribution in [2.45, 2.75) is 0 Å². The SMILES string of the molecule is CNC(=O)C(=O)Nc1ccc(Cl)cc1Cl. The van der Waals surface area contributed by atoms with Gasteiger partial charge in [0.05, 0.1) is 10.7 Å². The summed E-state index contributed by atoms with van der Waals surface area (Å²) in [6, 6.07) is 4.56. The second kappa shape index (κ2) is 5.00. The molecule has 0 spiro atoms. The highest BCUT2D eigenvalue weighted by Crippen LogP contribution is 2.25. The van der Waals surface area contributed by atoms with Gasteiger partial charge < -0.3 is 10.6 Å². The lowest BCUT2D eigenvalue weighted by molar-refractivity contribution is -0.135. The number of benzene rings is 1. The highest BCUT2D eigenvalue weighted by molar-refractivity contribution is 6.42. The minimum absolute atomic E-state index is 0.278. The molecule has 0 unspecified atom stereocenters. The summed E-state index contributed by atoms with van der Waals surface area (Å²) in [7, 11) is 1.37. The van der Waals surface area contributed by atoms with Crippen molar-refractivity contribution in [3.05, 3.63) is 28.2 Å². The van der Waals surface area contributed by atoms with Crippen molar-refractivity contribution in [2.24, 2.45) is 0 Å². The number of hydrogen-bond donors (Lipinski definition) is 2. The predicted molar refractivity (Wildman–Crippen MR) is 59.2 cm³/mol. The fourth-order valence-electron chi connectivity index (χ4n) is 0.883. The van der Waals surface area contributed by atoms with E-state index in [0.717, 1.165) is 0 Å². The van der Waals surface area contributed by atoms with E-state index in [1.54, 1.807) is 6.07 Å². The molecule has 0 aromatic heterocycles. The van der Waals surface area contributed by atoms with Gasteiger partial charge in [-0.05, 0) is 18.2 Å². The van der Waals surface area contributed by atoms with Crippen molar-refractivity contribution in [2.75, 3.05) is 12.4 Å². The van der Waals surface area contributed by atoms with Gasteiger partial charge in [0.25, 0.3) is 0 Å². The molecule has 0 aliphatic heterocycles. The third kappa shape index (κ3) is 3.11. The maximum atomic E-state index is 11.2. The molecule has 0 aliphatic carbocycles. The molecule has 6 heteroatoms. The van der Waals surface area contributed by atoms with Gasteiger partial charge in [0.15, 0.2) is 0 Å². The fraction of sp³-hybridized carbons (Fsp3) is 0.111. The number of carbonyl (C=O) groups excluding carboxylic acids is 2. The Labute approximate surface area is 96.6 Å². The second-order valence-corrected chi connectivity index (χ2v) is 3.50. The standard InChI is InChI=1S/C9H8Cl2N2O2/c1-12-8(14)9(15)13-7-3-2-5(10)4-6(7)11/h2-4H,1H3,(H,12,14)(H,13,15). The van der Waals surface area contributed by atoms with Crippen LogP contribution >= 0.6 is 23.2 Å². The molecule has 0 saturated heterocycles. The number of halogens is 2. The largest absolute Gasteiger partial charge is 0.351 e. The summed E-state index contributed by atoms with van der Waals surface area (Å²) < 4.78 is 0. The molecule has 15 heavy (non-hydrogen) atoms. The fourth-order valence-corrected chi connectivity index (χ4v) is 1.34. The minimum atomic E-state index is -0.776. The van der Waals surface area contributed by atoms with E-state index in [0.29, 0.717) is 10.7 Å². The number of rotatable bonds is 1. The van der Waals surface area contributed by atoms with Gasteiger partial charge in [0, 0.05) is 12.1 Å². The van der Waals surface area contributed by atoms with Crippen LogP contribution in [-0.2, 0) is 9.59 Å². The van der Waals surface area contributed by atoms with Gasteiger partial charge in [-0.15, -0.1) is 0 Å². The van der Waals surface area contributed by atoms with Crippen molar-refractivity contribution in [1.29, 1.82) is 0 Å². The maximum Gasteiger partial charge on any atom is 0.313 e. The molecule has 1 aromatic rings. The molecule has 0 aliphatic rings. The normalized spacial score (nSPS) is 9.53. The quantitative estimate of drug-likeness (QED) is 0.741. The smallest absolute Gasteiger partial charge is 0.313 e. The summed E-state index contributed by atoms with van der Waals surface area (Å²) in [4.78, 5) is 22.1. The first-order chi connectivity index (χ1) is 7.04. The number of nitrogens with one attached hydrogen (secondary N) is 2. The molecule has 0 radical (unpaired) electrons. The predicted octanol–water partition coefficient (Wildman–Crippen LogP) is 1.68. The molecule has 4 nitrogen and oxygen atoms in total. The number of amides is 2. The Bertz CT molecular complexity index is 407. The summed E-state index contributed by atoms with van der Waals surface area (Å²) in [6.45, 7) is 0.